The first-order valence-electron chi connectivity index (χ1n) is 5.78. The number of hydrogen-bond acceptors (Lipinski definition) is 3. The third-order valence-electron chi connectivity index (χ3n) is 2.72. The lowest BCUT2D eigenvalue weighted by Gasteiger charge is -2.09. The van der Waals surface area contributed by atoms with Gasteiger partial charge < -0.3 is 0 Å². The van der Waals surface area contributed by atoms with Crippen molar-refractivity contribution < 1.29 is 12.6 Å². The van der Waals surface area contributed by atoms with E-state index in [4.69, 9.17) is 0 Å². The van der Waals surface area contributed by atoms with Crippen LogP contribution in [0.2, 0.25) is 0 Å². The molecule has 2 aromatic rings. The summed E-state index contributed by atoms with van der Waals surface area (Å²) in [6.07, 6.45) is 1.55. The van der Waals surface area contributed by atoms with Crippen LogP contribution in [0.1, 0.15) is 0 Å². The van der Waals surface area contributed by atoms with Crippen molar-refractivity contribution in [3.63, 3.8) is 0 Å². The third-order valence-corrected chi connectivity index (χ3v) is 5.02. The Bertz CT molecular complexity index is 705. The highest BCUT2D eigenvalue weighted by atomic mass is 32.2. The van der Waals surface area contributed by atoms with Gasteiger partial charge in [-0.05, 0) is 11.5 Å². The van der Waals surface area contributed by atoms with Crippen LogP contribution in [-0.4, -0.2) is 31.2 Å². The minimum atomic E-state index is -3.57. The second-order valence-corrected chi connectivity index (χ2v) is 7.44. The highest BCUT2D eigenvalue weighted by molar-refractivity contribution is 7.89. The fraction of sp³-hybridized carbons (Fsp3) is 0.231. The van der Waals surface area contributed by atoms with Gasteiger partial charge in [0.15, 0.2) is 0 Å². The molecule has 1 N–H and O–H groups in total. The topological polar surface area (TPSA) is 63.2 Å². The monoisotopic (exact) mass is 297 g/mol. The maximum absolute atomic E-state index is 12.2. The maximum Gasteiger partial charge on any atom is 0.241 e. The lowest BCUT2D eigenvalue weighted by atomic mass is 10.1. The standard InChI is InChI=1S/C13H15NO3S2/c1-18(15)10-9-14-19(16,17)13-8-4-6-11-5-2-3-7-12(11)13/h2-8,14H,9-10H2,1H3. The van der Waals surface area contributed by atoms with E-state index in [1.165, 1.54) is 0 Å². The fourth-order valence-electron chi connectivity index (χ4n) is 1.83. The molecule has 0 bridgehead atoms. The molecule has 0 saturated heterocycles. The Balaban J connectivity index is 2.35. The van der Waals surface area contributed by atoms with E-state index in [9.17, 15) is 12.6 Å². The summed E-state index contributed by atoms with van der Waals surface area (Å²) < 4.78 is 37.9. The van der Waals surface area contributed by atoms with Crippen molar-refractivity contribution in [2.45, 2.75) is 4.90 Å². The Kier molecular flexibility index (Phi) is 4.34. The average molecular weight is 297 g/mol. The molecule has 0 aliphatic heterocycles. The second kappa shape index (κ2) is 5.81. The lowest BCUT2D eigenvalue weighted by Crippen LogP contribution is -2.27. The normalized spacial score (nSPS) is 13.5. The Morgan fingerprint density at radius 1 is 1.11 bits per heavy atom. The Hall–Kier alpha value is -1.24. The Morgan fingerprint density at radius 2 is 1.79 bits per heavy atom. The van der Waals surface area contributed by atoms with Gasteiger partial charge in [-0.1, -0.05) is 36.4 Å². The molecule has 0 saturated carbocycles. The number of hydrogen-bond donors (Lipinski definition) is 1. The summed E-state index contributed by atoms with van der Waals surface area (Å²) in [6, 6.07) is 12.5. The second-order valence-electron chi connectivity index (χ2n) is 4.15. The van der Waals surface area contributed by atoms with Crippen molar-refractivity contribution in [2.75, 3.05) is 18.6 Å². The molecular weight excluding hydrogens is 282 g/mol. The van der Waals surface area contributed by atoms with E-state index in [0.29, 0.717) is 11.1 Å². The van der Waals surface area contributed by atoms with Crippen LogP contribution in [0, 0.1) is 0 Å². The van der Waals surface area contributed by atoms with Crippen molar-refractivity contribution in [2.24, 2.45) is 0 Å². The molecule has 102 valence electrons. The highest BCUT2D eigenvalue weighted by Gasteiger charge is 2.16. The molecule has 0 aliphatic rings. The van der Waals surface area contributed by atoms with Gasteiger partial charge in [0.1, 0.15) is 0 Å². The number of nitrogens with one attached hydrogen (secondary N) is 1. The molecule has 0 fully saturated rings. The van der Waals surface area contributed by atoms with Crippen molar-refractivity contribution >= 4 is 31.6 Å². The molecule has 0 radical (unpaired) electrons. The first-order valence-corrected chi connectivity index (χ1v) is 8.99. The minimum absolute atomic E-state index is 0.175. The molecule has 1 atom stereocenters. The van der Waals surface area contributed by atoms with Crippen LogP contribution in [-0.2, 0) is 20.8 Å². The average Bonchev–Trinajstić information content (AvgIpc) is 2.37. The smallest absolute Gasteiger partial charge is 0.241 e. The summed E-state index contributed by atoms with van der Waals surface area (Å²) >= 11 is 0. The summed E-state index contributed by atoms with van der Waals surface area (Å²) in [7, 11) is -4.58. The van der Waals surface area contributed by atoms with E-state index in [1.807, 2.05) is 24.3 Å². The number of fused-ring (bicyclic) bond motifs is 1. The number of benzene rings is 2. The van der Waals surface area contributed by atoms with Gasteiger partial charge in [0.2, 0.25) is 10.0 Å². The molecule has 6 heteroatoms. The molecular formula is C13H15NO3S2. The van der Waals surface area contributed by atoms with E-state index >= 15 is 0 Å². The molecule has 4 nitrogen and oxygen atoms in total. The summed E-state index contributed by atoms with van der Waals surface area (Å²) in [6.45, 7) is 0.175. The van der Waals surface area contributed by atoms with Crippen LogP contribution >= 0.6 is 0 Å². The summed E-state index contributed by atoms with van der Waals surface area (Å²) in [4.78, 5) is 0.257. The molecule has 2 rings (SSSR count). The van der Waals surface area contributed by atoms with Gasteiger partial charge in [-0.15, -0.1) is 0 Å². The van der Waals surface area contributed by atoms with Crippen molar-refractivity contribution in [3.8, 4) is 0 Å². The molecule has 1 unspecified atom stereocenters. The van der Waals surface area contributed by atoms with Crippen molar-refractivity contribution in [1.29, 1.82) is 0 Å². The van der Waals surface area contributed by atoms with Crippen LogP contribution in [0.25, 0.3) is 10.8 Å². The van der Waals surface area contributed by atoms with Crippen LogP contribution in [0.4, 0.5) is 0 Å². The minimum Gasteiger partial charge on any atom is -0.260 e. The van der Waals surface area contributed by atoms with Crippen molar-refractivity contribution in [3.05, 3.63) is 42.5 Å². The predicted octanol–water partition coefficient (Wildman–Crippen LogP) is 1.50. The van der Waals surface area contributed by atoms with Gasteiger partial charge in [0, 0.05) is 34.7 Å². The van der Waals surface area contributed by atoms with E-state index in [1.54, 1.807) is 24.5 Å². The quantitative estimate of drug-likeness (QED) is 0.909. The molecule has 0 amide bonds. The molecule has 19 heavy (non-hydrogen) atoms. The summed E-state index contributed by atoms with van der Waals surface area (Å²) in [5, 5.41) is 1.57. The first-order chi connectivity index (χ1) is 9.00. The van der Waals surface area contributed by atoms with Gasteiger partial charge in [-0.25, -0.2) is 13.1 Å². The van der Waals surface area contributed by atoms with Crippen LogP contribution in [0.15, 0.2) is 47.4 Å². The molecule has 2 aromatic carbocycles. The van der Waals surface area contributed by atoms with E-state index < -0.39 is 20.8 Å². The maximum atomic E-state index is 12.2. The summed E-state index contributed by atoms with van der Waals surface area (Å²) in [5.41, 5.74) is 0. The molecule has 0 spiro atoms. The summed E-state index contributed by atoms with van der Waals surface area (Å²) in [5.74, 6) is 0.310. The molecule has 0 heterocycles. The Morgan fingerprint density at radius 3 is 2.53 bits per heavy atom. The van der Waals surface area contributed by atoms with E-state index in [2.05, 4.69) is 4.72 Å². The number of rotatable bonds is 5. The lowest BCUT2D eigenvalue weighted by molar-refractivity contribution is 0.585. The van der Waals surface area contributed by atoms with Crippen LogP contribution < -0.4 is 4.72 Å². The SMILES string of the molecule is CS(=O)CCNS(=O)(=O)c1cccc2ccccc12. The molecule has 0 aromatic heterocycles. The van der Waals surface area contributed by atoms with Crippen LogP contribution in [0.3, 0.4) is 0 Å². The van der Waals surface area contributed by atoms with E-state index in [-0.39, 0.29) is 11.4 Å². The van der Waals surface area contributed by atoms with Gasteiger partial charge in [0.25, 0.3) is 0 Å². The largest absolute Gasteiger partial charge is 0.260 e. The Labute approximate surface area is 115 Å². The first kappa shape index (κ1) is 14.2. The highest BCUT2D eigenvalue weighted by Crippen LogP contribution is 2.22. The third kappa shape index (κ3) is 3.40. The predicted molar refractivity (Wildman–Crippen MR) is 78.1 cm³/mol. The molecule has 0 aliphatic carbocycles. The fourth-order valence-corrected chi connectivity index (χ4v) is 3.61. The zero-order valence-electron chi connectivity index (χ0n) is 10.5. The number of sulfonamides is 1. The van der Waals surface area contributed by atoms with Gasteiger partial charge in [0.05, 0.1) is 4.90 Å². The van der Waals surface area contributed by atoms with Gasteiger partial charge in [-0.3, -0.25) is 4.21 Å². The zero-order chi connectivity index (χ0) is 13.9. The van der Waals surface area contributed by atoms with Crippen molar-refractivity contribution in [1.82, 2.24) is 4.72 Å². The van der Waals surface area contributed by atoms with Gasteiger partial charge >= 0.3 is 0 Å². The van der Waals surface area contributed by atoms with Crippen LogP contribution in [0.5, 0.6) is 0 Å². The van der Waals surface area contributed by atoms with E-state index in [0.717, 1.165) is 5.39 Å². The van der Waals surface area contributed by atoms with Gasteiger partial charge in [-0.2, -0.15) is 0 Å². The zero-order valence-corrected chi connectivity index (χ0v) is 12.1.